The van der Waals surface area contributed by atoms with E-state index in [0.717, 1.165) is 0 Å². The second kappa shape index (κ2) is 11.2. The van der Waals surface area contributed by atoms with Gasteiger partial charge in [-0.2, -0.15) is 0 Å². The molecule has 0 unspecified atom stereocenters. The maximum absolute atomic E-state index is 12.3. The molecule has 2 aromatic carbocycles. The van der Waals surface area contributed by atoms with E-state index in [9.17, 15) is 14.4 Å². The number of carbonyl (C=O) groups excluding carboxylic acids is 3. The minimum atomic E-state index is -0.343. The number of amides is 3. The summed E-state index contributed by atoms with van der Waals surface area (Å²) < 4.78 is 0. The molecule has 3 amide bonds. The van der Waals surface area contributed by atoms with Gasteiger partial charge in [0.05, 0.1) is 33.8 Å². The summed E-state index contributed by atoms with van der Waals surface area (Å²) in [6, 6.07) is 9.64. The van der Waals surface area contributed by atoms with Gasteiger partial charge < -0.3 is 16.0 Å². The zero-order valence-electron chi connectivity index (χ0n) is 16.4. The number of nitrogens with one attached hydrogen (secondary N) is 3. The van der Waals surface area contributed by atoms with Crippen molar-refractivity contribution in [1.29, 1.82) is 0 Å². The number of benzene rings is 2. The number of likely N-dealkylation sites (N-methyl/N-ethyl adjacent to an activating group) is 1. The van der Waals surface area contributed by atoms with E-state index in [1.165, 1.54) is 19.1 Å². The summed E-state index contributed by atoms with van der Waals surface area (Å²) >= 11 is 17.9. The Morgan fingerprint density at radius 1 is 0.800 bits per heavy atom. The largest absolute Gasteiger partial charge is 0.326 e. The molecule has 0 aromatic heterocycles. The maximum atomic E-state index is 12.3. The smallest absolute Gasteiger partial charge is 0.238 e. The zero-order chi connectivity index (χ0) is 22.3. The highest BCUT2D eigenvalue weighted by atomic mass is 35.5. The fourth-order valence-corrected chi connectivity index (χ4v) is 3.13. The van der Waals surface area contributed by atoms with Crippen LogP contribution in [-0.4, -0.2) is 42.3 Å². The third-order valence-corrected chi connectivity index (χ3v) is 4.99. The third kappa shape index (κ3) is 7.50. The maximum Gasteiger partial charge on any atom is 0.238 e. The number of rotatable bonds is 8. The van der Waals surface area contributed by atoms with Gasteiger partial charge in [0, 0.05) is 18.3 Å². The van der Waals surface area contributed by atoms with Gasteiger partial charge in [-0.3, -0.25) is 19.3 Å². The van der Waals surface area contributed by atoms with Crippen LogP contribution < -0.4 is 16.0 Å². The number of nitrogens with zero attached hydrogens (tertiary/aromatic N) is 1. The molecule has 2 aromatic rings. The predicted molar refractivity (Wildman–Crippen MR) is 122 cm³/mol. The summed E-state index contributed by atoms with van der Waals surface area (Å²) in [4.78, 5) is 37.4. The van der Waals surface area contributed by atoms with Crippen LogP contribution in [0.3, 0.4) is 0 Å². The molecule has 0 heterocycles. The summed E-state index contributed by atoms with van der Waals surface area (Å²) in [6.45, 7) is 3.75. The van der Waals surface area contributed by atoms with Crippen LogP contribution in [0.4, 0.5) is 17.1 Å². The lowest BCUT2D eigenvalue weighted by Gasteiger charge is -2.19. The van der Waals surface area contributed by atoms with E-state index in [1.54, 1.807) is 29.2 Å². The summed E-state index contributed by atoms with van der Waals surface area (Å²) in [5.74, 6) is -0.792. The van der Waals surface area contributed by atoms with Gasteiger partial charge in [0.1, 0.15) is 0 Å². The Kier molecular flexibility index (Phi) is 8.92. The van der Waals surface area contributed by atoms with Crippen molar-refractivity contribution in [3.63, 3.8) is 0 Å². The van der Waals surface area contributed by atoms with Crippen molar-refractivity contribution in [1.82, 2.24) is 4.90 Å². The number of hydrogen-bond donors (Lipinski definition) is 3. The van der Waals surface area contributed by atoms with E-state index in [2.05, 4.69) is 16.0 Å². The van der Waals surface area contributed by atoms with Crippen molar-refractivity contribution >= 4 is 69.6 Å². The van der Waals surface area contributed by atoms with Gasteiger partial charge in [0.25, 0.3) is 0 Å². The summed E-state index contributed by atoms with van der Waals surface area (Å²) in [7, 11) is 0. The highest BCUT2D eigenvalue weighted by Gasteiger charge is 2.15. The first-order valence-electron chi connectivity index (χ1n) is 9.02. The Morgan fingerprint density at radius 3 is 1.83 bits per heavy atom. The van der Waals surface area contributed by atoms with Crippen LogP contribution in [0.25, 0.3) is 0 Å². The number of halogens is 3. The van der Waals surface area contributed by atoms with E-state index in [4.69, 9.17) is 34.8 Å². The Balaban J connectivity index is 1.90. The zero-order valence-corrected chi connectivity index (χ0v) is 18.7. The molecule has 7 nitrogen and oxygen atoms in total. The van der Waals surface area contributed by atoms with Gasteiger partial charge in [-0.25, -0.2) is 0 Å². The molecule has 0 spiro atoms. The van der Waals surface area contributed by atoms with Crippen LogP contribution in [0.15, 0.2) is 36.4 Å². The molecule has 0 atom stereocenters. The van der Waals surface area contributed by atoms with E-state index < -0.39 is 0 Å². The molecule has 0 bridgehead atoms. The van der Waals surface area contributed by atoms with Crippen molar-refractivity contribution in [2.75, 3.05) is 35.6 Å². The molecule has 30 heavy (non-hydrogen) atoms. The first kappa shape index (κ1) is 24.0. The Morgan fingerprint density at radius 2 is 1.30 bits per heavy atom. The summed E-state index contributed by atoms with van der Waals surface area (Å²) in [5, 5.41) is 8.89. The van der Waals surface area contributed by atoms with E-state index >= 15 is 0 Å². The molecule has 0 fully saturated rings. The molecule has 0 radical (unpaired) electrons. The number of hydrogen-bond acceptors (Lipinski definition) is 4. The van der Waals surface area contributed by atoms with Crippen molar-refractivity contribution in [2.45, 2.75) is 13.8 Å². The van der Waals surface area contributed by atoms with Crippen LogP contribution >= 0.6 is 34.8 Å². The number of carbonyl (C=O) groups is 3. The molecule has 160 valence electrons. The first-order chi connectivity index (χ1) is 14.2. The first-order valence-corrected chi connectivity index (χ1v) is 10.2. The Bertz CT molecular complexity index is 936. The predicted octanol–water partition coefficient (Wildman–Crippen LogP) is 4.50. The van der Waals surface area contributed by atoms with Crippen molar-refractivity contribution < 1.29 is 14.4 Å². The Hall–Kier alpha value is -2.32. The molecule has 0 saturated carbocycles. The molecule has 0 aliphatic rings. The lowest BCUT2D eigenvalue weighted by atomic mass is 10.2. The molecule has 0 aliphatic heterocycles. The van der Waals surface area contributed by atoms with Gasteiger partial charge in [-0.05, 0) is 42.9 Å². The summed E-state index contributed by atoms with van der Waals surface area (Å²) in [6.07, 6.45) is 0. The second-order valence-corrected chi connectivity index (χ2v) is 7.63. The molecular formula is C20H21Cl3N4O3. The highest BCUT2D eigenvalue weighted by Crippen LogP contribution is 2.32. The molecular weight excluding hydrogens is 451 g/mol. The van der Waals surface area contributed by atoms with E-state index in [0.29, 0.717) is 23.6 Å². The van der Waals surface area contributed by atoms with Crippen LogP contribution in [-0.2, 0) is 14.4 Å². The van der Waals surface area contributed by atoms with Crippen molar-refractivity contribution in [3.8, 4) is 0 Å². The second-order valence-electron chi connectivity index (χ2n) is 6.40. The minimum Gasteiger partial charge on any atom is -0.326 e. The lowest BCUT2D eigenvalue weighted by molar-refractivity contribution is -0.120. The average Bonchev–Trinajstić information content (AvgIpc) is 2.66. The molecule has 2 rings (SSSR count). The minimum absolute atomic E-state index is 0.0119. The van der Waals surface area contributed by atoms with Crippen molar-refractivity contribution in [3.05, 3.63) is 51.5 Å². The fourth-order valence-electron chi connectivity index (χ4n) is 2.53. The van der Waals surface area contributed by atoms with Gasteiger partial charge in [0.15, 0.2) is 0 Å². The van der Waals surface area contributed by atoms with E-state index in [-0.39, 0.29) is 45.9 Å². The van der Waals surface area contributed by atoms with Crippen LogP contribution in [0, 0.1) is 0 Å². The monoisotopic (exact) mass is 470 g/mol. The molecule has 0 saturated heterocycles. The topological polar surface area (TPSA) is 90.5 Å². The van der Waals surface area contributed by atoms with Crippen LogP contribution in [0.5, 0.6) is 0 Å². The normalized spacial score (nSPS) is 10.6. The van der Waals surface area contributed by atoms with E-state index in [1.807, 2.05) is 6.92 Å². The molecule has 0 aliphatic carbocycles. The highest BCUT2D eigenvalue weighted by molar-refractivity contribution is 6.44. The molecule has 3 N–H and O–H groups in total. The van der Waals surface area contributed by atoms with Gasteiger partial charge in [0.2, 0.25) is 17.7 Å². The van der Waals surface area contributed by atoms with Crippen LogP contribution in [0.2, 0.25) is 15.1 Å². The average molecular weight is 472 g/mol. The van der Waals surface area contributed by atoms with Gasteiger partial charge in [-0.1, -0.05) is 41.7 Å². The Labute approximate surface area is 189 Å². The SMILES string of the molecule is CCN(CC(=O)Nc1ccc(NC(C)=O)cc1)CC(=O)Nc1cc(Cl)c(Cl)cc1Cl. The fraction of sp³-hybridized carbons (Fsp3) is 0.250. The van der Waals surface area contributed by atoms with Gasteiger partial charge >= 0.3 is 0 Å². The third-order valence-electron chi connectivity index (χ3n) is 3.95. The standard InChI is InChI=1S/C20H21Cl3N4O3/c1-3-27(11-20(30)26-18-9-16(22)15(21)8-17(18)23)10-19(29)25-14-6-4-13(5-7-14)24-12(2)28/h4-9H,3,10-11H2,1-2H3,(H,24,28)(H,25,29)(H,26,30). The summed E-state index contributed by atoms with van der Waals surface area (Å²) in [5.41, 5.74) is 1.56. The molecule has 10 heteroatoms. The van der Waals surface area contributed by atoms with Crippen LogP contribution in [0.1, 0.15) is 13.8 Å². The van der Waals surface area contributed by atoms with Crippen molar-refractivity contribution in [2.24, 2.45) is 0 Å². The van der Waals surface area contributed by atoms with Gasteiger partial charge in [-0.15, -0.1) is 0 Å². The lowest BCUT2D eigenvalue weighted by Crippen LogP contribution is -2.38. The quantitative estimate of drug-likeness (QED) is 0.494. The number of anilines is 3.